The van der Waals surface area contributed by atoms with Gasteiger partial charge in [-0.3, -0.25) is 14.4 Å². The van der Waals surface area contributed by atoms with E-state index in [4.69, 9.17) is 0 Å². The predicted octanol–water partition coefficient (Wildman–Crippen LogP) is -0.749. The second-order valence-electron chi connectivity index (χ2n) is 9.23. The molecule has 1 unspecified atom stereocenters. The summed E-state index contributed by atoms with van der Waals surface area (Å²) in [5.74, 6) is -4.05. The van der Waals surface area contributed by atoms with Gasteiger partial charge in [0.2, 0.25) is 17.7 Å². The van der Waals surface area contributed by atoms with Gasteiger partial charge in [-0.05, 0) is 13.3 Å². The molecule has 0 aromatic carbocycles. The van der Waals surface area contributed by atoms with Gasteiger partial charge >= 0.3 is 5.97 Å². The zero-order valence-electron chi connectivity index (χ0n) is 19.9. The van der Waals surface area contributed by atoms with Gasteiger partial charge in [0.1, 0.15) is 11.4 Å². The van der Waals surface area contributed by atoms with E-state index < -0.39 is 51.4 Å². The number of amides is 3. The summed E-state index contributed by atoms with van der Waals surface area (Å²) in [5, 5.41) is 15.6. The van der Waals surface area contributed by atoms with E-state index in [0.717, 1.165) is 0 Å². The minimum atomic E-state index is -3.51. The molecule has 3 amide bonds. The normalized spacial score (nSPS) is 29.5. The first-order chi connectivity index (χ1) is 15.8. The van der Waals surface area contributed by atoms with E-state index in [9.17, 15) is 32.7 Å². The van der Waals surface area contributed by atoms with E-state index in [0.29, 0.717) is 17.9 Å². The molecule has 0 bridgehead atoms. The van der Waals surface area contributed by atoms with Crippen LogP contribution in [0.25, 0.3) is 0 Å². The van der Waals surface area contributed by atoms with Gasteiger partial charge in [0.05, 0.1) is 18.0 Å². The highest BCUT2D eigenvalue weighted by molar-refractivity contribution is 8.03. The number of hydrogen-bond donors (Lipinski definition) is 3. The lowest BCUT2D eigenvalue weighted by molar-refractivity contribution is -0.158. The molecular weight excluding hydrogens is 484 g/mol. The number of likely N-dealkylation sites (N-methyl/N-ethyl adjacent to an activating group) is 1. The Morgan fingerprint density at radius 2 is 1.97 bits per heavy atom. The largest absolute Gasteiger partial charge is 0.477 e. The average molecular weight is 517 g/mol. The van der Waals surface area contributed by atoms with Gasteiger partial charge in [0.15, 0.2) is 9.84 Å². The van der Waals surface area contributed by atoms with E-state index in [1.807, 2.05) is 6.92 Å². The molecule has 190 valence electrons. The van der Waals surface area contributed by atoms with Crippen LogP contribution < -0.4 is 10.6 Å². The van der Waals surface area contributed by atoms with Crippen LogP contribution in [-0.2, 0) is 29.0 Å². The van der Waals surface area contributed by atoms with Crippen LogP contribution in [0.15, 0.2) is 10.6 Å². The third-order valence-electron chi connectivity index (χ3n) is 6.63. The highest BCUT2D eigenvalue weighted by Crippen LogP contribution is 2.51. The van der Waals surface area contributed by atoms with Crippen molar-refractivity contribution in [2.45, 2.75) is 50.6 Å². The first kappa shape index (κ1) is 26.5. The highest BCUT2D eigenvalue weighted by Gasteiger charge is 2.60. The Morgan fingerprint density at radius 3 is 2.53 bits per heavy atom. The van der Waals surface area contributed by atoms with E-state index in [-0.39, 0.29) is 34.6 Å². The number of carbonyl (C=O) groups is 4. The van der Waals surface area contributed by atoms with Crippen LogP contribution in [0.2, 0.25) is 0 Å². The molecule has 3 N–H and O–H groups in total. The maximum atomic E-state index is 13.0. The van der Waals surface area contributed by atoms with Crippen LogP contribution in [0.5, 0.6) is 0 Å². The Balaban J connectivity index is 1.72. The molecule has 0 aromatic heterocycles. The SMILES string of the molecule is CCS(=O)(=O)CC(=O)NC(C)[C@H]1C(=O)N2C(C(=O)O)=C(S[C@@H]3CN[C@H](C(=O)N(C)C)C3)[C@H](C)[C@H]12. The zero-order valence-corrected chi connectivity index (χ0v) is 21.5. The lowest BCUT2D eigenvalue weighted by atomic mass is 9.78. The number of rotatable bonds is 9. The number of thioether (sulfide) groups is 1. The Hall–Kier alpha value is -2.12. The molecule has 2 saturated heterocycles. The summed E-state index contributed by atoms with van der Waals surface area (Å²) in [6.07, 6.45) is 0.547. The van der Waals surface area contributed by atoms with Crippen LogP contribution in [0, 0.1) is 11.8 Å². The van der Waals surface area contributed by atoms with Crippen molar-refractivity contribution < 1.29 is 32.7 Å². The van der Waals surface area contributed by atoms with Crippen molar-refractivity contribution in [3.63, 3.8) is 0 Å². The number of nitrogens with one attached hydrogen (secondary N) is 2. The summed E-state index contributed by atoms with van der Waals surface area (Å²) in [7, 11) is -0.142. The molecular formula is C21H32N4O7S2. The standard InChI is InChI=1S/C21H32N4O7S2/c1-6-34(31,32)9-14(26)23-11(3)15-16-10(2)18(17(21(29)30)25(16)20(15)28)33-12-7-13(22-8-12)19(27)24(4)5/h10-13,15-16,22H,6-9H2,1-5H3,(H,23,26)(H,29,30)/t10-,11?,12+,13+,15-,16-/m1/s1. The number of carboxylic acids is 1. The lowest BCUT2D eigenvalue weighted by Gasteiger charge is -2.47. The maximum absolute atomic E-state index is 13.0. The second kappa shape index (κ2) is 9.86. The van der Waals surface area contributed by atoms with Gasteiger partial charge in [-0.15, -0.1) is 11.8 Å². The fourth-order valence-electron chi connectivity index (χ4n) is 4.86. The quantitative estimate of drug-likeness (QED) is 0.336. The van der Waals surface area contributed by atoms with Crippen molar-refractivity contribution in [3.8, 4) is 0 Å². The third-order valence-corrected chi connectivity index (χ3v) is 9.73. The molecule has 3 aliphatic heterocycles. The summed E-state index contributed by atoms with van der Waals surface area (Å²) in [4.78, 5) is 52.9. The molecule has 34 heavy (non-hydrogen) atoms. The zero-order chi connectivity index (χ0) is 25.5. The van der Waals surface area contributed by atoms with Crippen molar-refractivity contribution in [2.75, 3.05) is 32.1 Å². The molecule has 0 aromatic rings. The number of aliphatic carboxylic acids is 1. The first-order valence-electron chi connectivity index (χ1n) is 11.2. The molecule has 2 fully saturated rings. The van der Waals surface area contributed by atoms with Crippen molar-refractivity contribution in [1.82, 2.24) is 20.4 Å². The molecule has 3 aliphatic rings. The first-order valence-corrected chi connectivity index (χ1v) is 13.9. The van der Waals surface area contributed by atoms with E-state index in [2.05, 4.69) is 10.6 Å². The molecule has 3 rings (SSSR count). The van der Waals surface area contributed by atoms with E-state index >= 15 is 0 Å². The summed E-state index contributed by atoms with van der Waals surface area (Å²) < 4.78 is 23.5. The molecule has 0 aliphatic carbocycles. The predicted molar refractivity (Wildman–Crippen MR) is 126 cm³/mol. The van der Waals surface area contributed by atoms with Crippen molar-refractivity contribution >= 4 is 45.3 Å². The molecule has 6 atom stereocenters. The fourth-order valence-corrected chi connectivity index (χ4v) is 7.02. The number of β-lactam (4-membered cyclic amide) rings is 1. The highest BCUT2D eigenvalue weighted by atomic mass is 32.2. The van der Waals surface area contributed by atoms with Crippen LogP contribution in [0.4, 0.5) is 0 Å². The average Bonchev–Trinajstić information content (AvgIpc) is 3.29. The molecule has 13 heteroatoms. The Morgan fingerprint density at radius 1 is 1.32 bits per heavy atom. The Kier molecular flexibility index (Phi) is 7.68. The van der Waals surface area contributed by atoms with Crippen molar-refractivity contribution in [1.29, 1.82) is 0 Å². The minimum Gasteiger partial charge on any atom is -0.477 e. The van der Waals surface area contributed by atoms with Gasteiger partial charge in [-0.1, -0.05) is 13.8 Å². The molecule has 0 radical (unpaired) electrons. The number of fused-ring (bicyclic) bond motifs is 1. The minimum absolute atomic E-state index is 0.0238. The molecule has 3 heterocycles. The van der Waals surface area contributed by atoms with E-state index in [1.165, 1.54) is 28.5 Å². The number of carbonyl (C=O) groups excluding carboxylic acids is 3. The van der Waals surface area contributed by atoms with Crippen LogP contribution in [-0.4, -0.2) is 103 Å². The number of carboxylic acid groups (broad SMARTS) is 1. The van der Waals surface area contributed by atoms with Gasteiger partial charge < -0.3 is 25.5 Å². The summed E-state index contributed by atoms with van der Waals surface area (Å²) in [5.41, 5.74) is -0.0433. The van der Waals surface area contributed by atoms with Crippen molar-refractivity contribution in [3.05, 3.63) is 10.6 Å². The van der Waals surface area contributed by atoms with Gasteiger partial charge in [-0.25, -0.2) is 13.2 Å². The van der Waals surface area contributed by atoms with Crippen LogP contribution in [0.3, 0.4) is 0 Å². The van der Waals surface area contributed by atoms with Gasteiger partial charge in [-0.2, -0.15) is 0 Å². The van der Waals surface area contributed by atoms with Crippen LogP contribution in [0.1, 0.15) is 27.2 Å². The maximum Gasteiger partial charge on any atom is 0.353 e. The second-order valence-corrected chi connectivity index (χ2v) is 12.9. The number of nitrogens with zero attached hydrogens (tertiary/aromatic N) is 2. The summed E-state index contributed by atoms with van der Waals surface area (Å²) >= 11 is 1.39. The van der Waals surface area contributed by atoms with Crippen molar-refractivity contribution in [2.24, 2.45) is 11.8 Å². The van der Waals surface area contributed by atoms with Gasteiger partial charge in [0, 0.05) is 48.5 Å². The monoisotopic (exact) mass is 516 g/mol. The Bertz CT molecular complexity index is 1030. The fraction of sp³-hybridized carbons (Fsp3) is 0.714. The van der Waals surface area contributed by atoms with E-state index in [1.54, 1.807) is 21.0 Å². The Labute approximate surface area is 203 Å². The van der Waals surface area contributed by atoms with Gasteiger partial charge in [0.25, 0.3) is 0 Å². The topological polar surface area (TPSA) is 153 Å². The number of sulfone groups is 1. The third kappa shape index (κ3) is 4.96. The lowest BCUT2D eigenvalue weighted by Crippen LogP contribution is -2.66. The smallest absolute Gasteiger partial charge is 0.353 e. The molecule has 0 saturated carbocycles. The molecule has 11 nitrogen and oxygen atoms in total. The van der Waals surface area contributed by atoms with Crippen LogP contribution >= 0.6 is 11.8 Å². The summed E-state index contributed by atoms with van der Waals surface area (Å²) in [6.45, 7) is 5.48. The molecule has 0 spiro atoms. The summed E-state index contributed by atoms with van der Waals surface area (Å²) in [6, 6.07) is -1.42. The number of hydrogen-bond acceptors (Lipinski definition) is 8.